The van der Waals surface area contributed by atoms with E-state index in [0.717, 1.165) is 18.5 Å². The quantitative estimate of drug-likeness (QED) is 0.688. The Morgan fingerprint density at radius 1 is 1.20 bits per heavy atom. The average Bonchev–Trinajstić information content (AvgIpc) is 2.36. The lowest BCUT2D eigenvalue weighted by Gasteiger charge is -2.15. The Labute approximate surface area is 131 Å². The van der Waals surface area contributed by atoms with Crippen LogP contribution in [0.15, 0.2) is 12.1 Å². The standard InChI is InChI=1S/C15H23Cl2NO2/c1-4-5-18-10-12-8-13(16)9-14(17)15(12)20-7-6-19-11(2)3/h8-9,11,18H,4-7,10H2,1-3H3. The molecule has 0 aliphatic rings. The first-order valence-electron chi connectivity index (χ1n) is 6.97. The van der Waals surface area contributed by atoms with E-state index in [4.69, 9.17) is 32.7 Å². The molecule has 1 aromatic carbocycles. The molecule has 1 aromatic rings. The van der Waals surface area contributed by atoms with Crippen LogP contribution in [0.3, 0.4) is 0 Å². The van der Waals surface area contributed by atoms with Gasteiger partial charge in [0.25, 0.3) is 0 Å². The number of hydrogen-bond acceptors (Lipinski definition) is 3. The molecule has 0 fully saturated rings. The van der Waals surface area contributed by atoms with Crippen molar-refractivity contribution in [2.45, 2.75) is 39.8 Å². The van der Waals surface area contributed by atoms with Gasteiger partial charge in [0.2, 0.25) is 0 Å². The second-order valence-electron chi connectivity index (χ2n) is 4.82. The van der Waals surface area contributed by atoms with Crippen LogP contribution in [0.5, 0.6) is 5.75 Å². The molecule has 3 nitrogen and oxygen atoms in total. The van der Waals surface area contributed by atoms with Gasteiger partial charge < -0.3 is 14.8 Å². The summed E-state index contributed by atoms with van der Waals surface area (Å²) in [4.78, 5) is 0. The van der Waals surface area contributed by atoms with Crippen LogP contribution in [0.2, 0.25) is 10.0 Å². The molecule has 1 N–H and O–H groups in total. The van der Waals surface area contributed by atoms with Crippen molar-refractivity contribution >= 4 is 23.2 Å². The third-order valence-corrected chi connectivity index (χ3v) is 3.11. The second-order valence-corrected chi connectivity index (χ2v) is 5.66. The lowest BCUT2D eigenvalue weighted by molar-refractivity contribution is 0.0550. The number of benzene rings is 1. The SMILES string of the molecule is CCCNCc1cc(Cl)cc(Cl)c1OCCOC(C)C. The molecule has 5 heteroatoms. The maximum absolute atomic E-state index is 6.21. The van der Waals surface area contributed by atoms with Gasteiger partial charge in [-0.2, -0.15) is 0 Å². The summed E-state index contributed by atoms with van der Waals surface area (Å²) in [5.41, 5.74) is 0.973. The maximum atomic E-state index is 6.21. The van der Waals surface area contributed by atoms with E-state index >= 15 is 0 Å². The Morgan fingerprint density at radius 2 is 1.95 bits per heavy atom. The lowest BCUT2D eigenvalue weighted by atomic mass is 10.2. The zero-order chi connectivity index (χ0) is 15.0. The Hall–Kier alpha value is -0.480. The molecule has 0 amide bonds. The van der Waals surface area contributed by atoms with Crippen LogP contribution in [-0.4, -0.2) is 25.9 Å². The summed E-state index contributed by atoms with van der Waals surface area (Å²) in [6.45, 7) is 8.76. The fourth-order valence-electron chi connectivity index (χ4n) is 1.73. The Morgan fingerprint density at radius 3 is 2.60 bits per heavy atom. The first kappa shape index (κ1) is 17.6. The molecule has 0 aliphatic carbocycles. The highest BCUT2D eigenvalue weighted by Crippen LogP contribution is 2.32. The Kier molecular flexibility index (Phi) is 8.31. The summed E-state index contributed by atoms with van der Waals surface area (Å²) >= 11 is 12.3. The highest BCUT2D eigenvalue weighted by atomic mass is 35.5. The van der Waals surface area contributed by atoms with Crippen LogP contribution in [0, 0.1) is 0 Å². The minimum atomic E-state index is 0.199. The fraction of sp³-hybridized carbons (Fsp3) is 0.600. The van der Waals surface area contributed by atoms with Gasteiger partial charge in [0.1, 0.15) is 12.4 Å². The monoisotopic (exact) mass is 319 g/mol. The van der Waals surface area contributed by atoms with Gasteiger partial charge in [0, 0.05) is 17.1 Å². The molecule has 0 atom stereocenters. The topological polar surface area (TPSA) is 30.5 Å². The molecule has 0 spiro atoms. The largest absolute Gasteiger partial charge is 0.489 e. The number of halogens is 2. The van der Waals surface area contributed by atoms with Crippen molar-refractivity contribution in [3.05, 3.63) is 27.7 Å². The van der Waals surface area contributed by atoms with Crippen molar-refractivity contribution in [2.24, 2.45) is 0 Å². The van der Waals surface area contributed by atoms with Crippen LogP contribution >= 0.6 is 23.2 Å². The number of hydrogen-bond donors (Lipinski definition) is 1. The first-order valence-corrected chi connectivity index (χ1v) is 7.73. The van der Waals surface area contributed by atoms with E-state index in [1.165, 1.54) is 0 Å². The van der Waals surface area contributed by atoms with Crippen molar-refractivity contribution < 1.29 is 9.47 Å². The van der Waals surface area contributed by atoms with E-state index in [1.54, 1.807) is 6.07 Å². The van der Waals surface area contributed by atoms with Gasteiger partial charge in [-0.25, -0.2) is 0 Å². The van der Waals surface area contributed by atoms with Crippen LogP contribution in [-0.2, 0) is 11.3 Å². The minimum Gasteiger partial charge on any atom is -0.489 e. The van der Waals surface area contributed by atoms with Crippen molar-refractivity contribution in [1.82, 2.24) is 5.32 Å². The van der Waals surface area contributed by atoms with Gasteiger partial charge in [-0.3, -0.25) is 0 Å². The minimum absolute atomic E-state index is 0.199. The predicted octanol–water partition coefficient (Wildman–Crippen LogP) is 4.30. The van der Waals surface area contributed by atoms with E-state index < -0.39 is 0 Å². The third-order valence-electron chi connectivity index (χ3n) is 2.61. The van der Waals surface area contributed by atoms with Crippen molar-refractivity contribution in [2.75, 3.05) is 19.8 Å². The predicted molar refractivity (Wildman–Crippen MR) is 85.0 cm³/mol. The molecule has 0 aromatic heterocycles. The van der Waals surface area contributed by atoms with E-state index in [2.05, 4.69) is 12.2 Å². The summed E-state index contributed by atoms with van der Waals surface area (Å²) in [6.07, 6.45) is 1.28. The highest BCUT2D eigenvalue weighted by molar-refractivity contribution is 6.35. The molecule has 114 valence electrons. The first-order chi connectivity index (χ1) is 9.54. The fourth-order valence-corrected chi connectivity index (χ4v) is 2.32. The van der Waals surface area contributed by atoms with Gasteiger partial charge in [-0.15, -0.1) is 0 Å². The number of rotatable bonds is 9. The second kappa shape index (κ2) is 9.46. The molecule has 0 aliphatic heterocycles. The Bertz CT molecular complexity index is 411. The van der Waals surface area contributed by atoms with Gasteiger partial charge in [0.05, 0.1) is 17.7 Å². The van der Waals surface area contributed by atoms with Gasteiger partial charge in [0.15, 0.2) is 0 Å². The zero-order valence-corrected chi connectivity index (χ0v) is 13.9. The normalized spacial score (nSPS) is 11.1. The molecule has 20 heavy (non-hydrogen) atoms. The van der Waals surface area contributed by atoms with Crippen molar-refractivity contribution in [3.63, 3.8) is 0 Å². The van der Waals surface area contributed by atoms with Crippen LogP contribution in [0.25, 0.3) is 0 Å². The zero-order valence-electron chi connectivity index (χ0n) is 12.3. The summed E-state index contributed by atoms with van der Waals surface area (Å²) < 4.78 is 11.2. The summed E-state index contributed by atoms with van der Waals surface area (Å²) in [5.74, 6) is 0.687. The molecule has 0 heterocycles. The third kappa shape index (κ3) is 6.31. The van der Waals surface area contributed by atoms with E-state index in [9.17, 15) is 0 Å². The number of nitrogens with one attached hydrogen (secondary N) is 1. The molecular formula is C15H23Cl2NO2. The maximum Gasteiger partial charge on any atom is 0.142 e. The van der Waals surface area contributed by atoms with E-state index in [-0.39, 0.29) is 6.10 Å². The highest BCUT2D eigenvalue weighted by Gasteiger charge is 2.10. The summed E-state index contributed by atoms with van der Waals surface area (Å²) in [7, 11) is 0. The summed E-state index contributed by atoms with van der Waals surface area (Å²) in [5, 5.41) is 4.48. The van der Waals surface area contributed by atoms with Crippen LogP contribution in [0.4, 0.5) is 0 Å². The number of ether oxygens (including phenoxy) is 2. The molecule has 0 radical (unpaired) electrons. The lowest BCUT2D eigenvalue weighted by Crippen LogP contribution is -2.16. The average molecular weight is 320 g/mol. The molecule has 0 bridgehead atoms. The van der Waals surface area contributed by atoms with Gasteiger partial charge in [-0.05, 0) is 38.9 Å². The molecule has 0 unspecified atom stereocenters. The molecular weight excluding hydrogens is 297 g/mol. The molecule has 1 rings (SSSR count). The summed E-state index contributed by atoms with van der Waals surface area (Å²) in [6, 6.07) is 3.58. The Balaban J connectivity index is 2.65. The molecule has 0 saturated heterocycles. The molecule has 0 saturated carbocycles. The van der Waals surface area contributed by atoms with Gasteiger partial charge >= 0.3 is 0 Å². The van der Waals surface area contributed by atoms with Crippen LogP contribution < -0.4 is 10.1 Å². The van der Waals surface area contributed by atoms with Gasteiger partial charge in [-0.1, -0.05) is 30.1 Å². The van der Waals surface area contributed by atoms with Crippen molar-refractivity contribution in [3.8, 4) is 5.75 Å². The van der Waals surface area contributed by atoms with Crippen molar-refractivity contribution in [1.29, 1.82) is 0 Å². The van der Waals surface area contributed by atoms with Crippen LogP contribution in [0.1, 0.15) is 32.8 Å². The van der Waals surface area contributed by atoms with E-state index in [1.807, 2.05) is 19.9 Å². The smallest absolute Gasteiger partial charge is 0.142 e. The van der Waals surface area contributed by atoms with E-state index in [0.29, 0.717) is 35.6 Å².